The molecule has 0 aromatic rings. The molecule has 0 radical (unpaired) electrons. The van der Waals surface area contributed by atoms with E-state index in [1.807, 2.05) is 0 Å². The Kier molecular flexibility index (Phi) is 2.34. The molecular formula is C6H14BNO2. The summed E-state index contributed by atoms with van der Waals surface area (Å²) in [6.07, 6.45) is 1.76. The van der Waals surface area contributed by atoms with Gasteiger partial charge in [0.25, 0.3) is 0 Å². The van der Waals surface area contributed by atoms with Gasteiger partial charge in [0.2, 0.25) is 0 Å². The molecule has 1 atom stereocenters. The van der Waals surface area contributed by atoms with Crippen molar-refractivity contribution in [1.82, 2.24) is 0 Å². The molecule has 10 heavy (non-hydrogen) atoms. The Hall–Kier alpha value is -0.0551. The lowest BCUT2D eigenvalue weighted by molar-refractivity contribution is -0.0114. The first-order chi connectivity index (χ1) is 4.61. The second kappa shape index (κ2) is 2.90. The van der Waals surface area contributed by atoms with E-state index in [0.29, 0.717) is 0 Å². The maximum atomic E-state index is 9.36. The van der Waals surface area contributed by atoms with Gasteiger partial charge in [-0.25, -0.2) is 0 Å². The zero-order chi connectivity index (χ0) is 7.61. The van der Waals surface area contributed by atoms with Gasteiger partial charge in [-0.15, -0.1) is 0 Å². The summed E-state index contributed by atoms with van der Waals surface area (Å²) in [6, 6.07) is 0. The number of aliphatic hydroxyl groups is 1. The van der Waals surface area contributed by atoms with Gasteiger partial charge >= 0.3 is 0 Å². The van der Waals surface area contributed by atoms with Gasteiger partial charge in [0, 0.05) is 13.2 Å². The van der Waals surface area contributed by atoms with Crippen molar-refractivity contribution in [1.29, 1.82) is 0 Å². The van der Waals surface area contributed by atoms with Crippen LogP contribution in [0, 0.1) is 5.92 Å². The van der Waals surface area contributed by atoms with Crippen molar-refractivity contribution in [2.24, 2.45) is 11.7 Å². The Labute approximate surface area is 62.0 Å². The lowest BCUT2D eigenvalue weighted by Gasteiger charge is -2.32. The van der Waals surface area contributed by atoms with E-state index in [1.54, 1.807) is 7.85 Å². The summed E-state index contributed by atoms with van der Waals surface area (Å²) < 4.78 is 5.13. The number of rotatable bonds is 1. The van der Waals surface area contributed by atoms with Gasteiger partial charge in [0.05, 0.1) is 5.62 Å². The number of nitrogens with two attached hydrogens (primary N) is 1. The molecule has 1 heterocycles. The Morgan fingerprint density at radius 3 is 2.30 bits per heavy atom. The predicted molar refractivity (Wildman–Crippen MR) is 41.2 cm³/mol. The molecule has 1 aliphatic rings. The van der Waals surface area contributed by atoms with Crippen LogP contribution in [0.25, 0.3) is 0 Å². The first kappa shape index (κ1) is 8.05. The average Bonchev–Trinajstić information content (AvgIpc) is 1.88. The molecule has 0 aromatic carbocycles. The second-order valence-electron chi connectivity index (χ2n) is 3.11. The van der Waals surface area contributed by atoms with Crippen molar-refractivity contribution in [3.05, 3.63) is 0 Å². The Bertz CT molecular complexity index is 107. The van der Waals surface area contributed by atoms with Gasteiger partial charge in [-0.2, -0.15) is 0 Å². The Balaban J connectivity index is 2.39. The largest absolute Gasteiger partial charge is 0.384 e. The molecule has 3 nitrogen and oxygen atoms in total. The van der Waals surface area contributed by atoms with Crippen molar-refractivity contribution in [2.75, 3.05) is 13.2 Å². The normalized spacial score (nSPS) is 27.8. The molecule has 4 heteroatoms. The van der Waals surface area contributed by atoms with Gasteiger partial charge in [-0.1, -0.05) is 0 Å². The average molecular weight is 143 g/mol. The molecule has 1 saturated heterocycles. The number of hydrogen-bond acceptors (Lipinski definition) is 3. The molecule has 1 fully saturated rings. The molecule has 58 valence electrons. The highest BCUT2D eigenvalue weighted by molar-refractivity contribution is 6.13. The van der Waals surface area contributed by atoms with Crippen LogP contribution < -0.4 is 5.73 Å². The van der Waals surface area contributed by atoms with Crippen molar-refractivity contribution >= 4 is 7.85 Å². The first-order valence-electron chi connectivity index (χ1n) is 3.69. The highest BCUT2D eigenvalue weighted by Gasteiger charge is 2.28. The molecular weight excluding hydrogens is 129 g/mol. The fourth-order valence-electron chi connectivity index (χ4n) is 1.28. The van der Waals surface area contributed by atoms with E-state index in [0.717, 1.165) is 26.1 Å². The van der Waals surface area contributed by atoms with Crippen LogP contribution in [0.3, 0.4) is 0 Å². The van der Waals surface area contributed by atoms with Crippen LogP contribution in [-0.2, 0) is 4.74 Å². The van der Waals surface area contributed by atoms with E-state index in [-0.39, 0.29) is 5.92 Å². The lowest BCUT2D eigenvalue weighted by atomic mass is 9.76. The zero-order valence-corrected chi connectivity index (χ0v) is 6.34. The first-order valence-corrected chi connectivity index (χ1v) is 3.69. The minimum absolute atomic E-state index is 0.209. The smallest absolute Gasteiger partial charge is 0.162 e. The van der Waals surface area contributed by atoms with Crippen molar-refractivity contribution in [2.45, 2.75) is 18.5 Å². The second-order valence-corrected chi connectivity index (χ2v) is 3.11. The molecule has 0 saturated carbocycles. The molecule has 0 amide bonds. The van der Waals surface area contributed by atoms with Gasteiger partial charge in [0.15, 0.2) is 7.85 Å². The summed E-state index contributed by atoms with van der Waals surface area (Å²) in [6.45, 7) is 1.47. The maximum absolute atomic E-state index is 9.36. The molecule has 3 N–H and O–H groups in total. The van der Waals surface area contributed by atoms with Crippen molar-refractivity contribution in [3.63, 3.8) is 0 Å². The van der Waals surface area contributed by atoms with E-state index >= 15 is 0 Å². The zero-order valence-electron chi connectivity index (χ0n) is 6.34. The third kappa shape index (κ3) is 1.97. The third-order valence-corrected chi connectivity index (χ3v) is 2.05. The van der Waals surface area contributed by atoms with Gasteiger partial charge in [-0.3, -0.25) is 0 Å². The van der Waals surface area contributed by atoms with E-state index in [9.17, 15) is 5.11 Å². The maximum Gasteiger partial charge on any atom is 0.162 e. The summed E-state index contributed by atoms with van der Waals surface area (Å²) in [4.78, 5) is 0. The molecule has 0 aliphatic carbocycles. The Morgan fingerprint density at radius 2 is 2.00 bits per heavy atom. The predicted octanol–water partition coefficient (Wildman–Crippen LogP) is -1.35. The monoisotopic (exact) mass is 143 g/mol. The highest BCUT2D eigenvalue weighted by atomic mass is 16.5. The van der Waals surface area contributed by atoms with Crippen molar-refractivity contribution < 1.29 is 9.84 Å². The molecule has 1 unspecified atom stereocenters. The number of ether oxygens (including phenoxy) is 1. The molecule has 0 bridgehead atoms. The quantitative estimate of drug-likeness (QED) is 0.352. The highest BCUT2D eigenvalue weighted by Crippen LogP contribution is 2.20. The fraction of sp³-hybridized carbons (Fsp3) is 1.00. The van der Waals surface area contributed by atoms with E-state index in [4.69, 9.17) is 10.5 Å². The van der Waals surface area contributed by atoms with Gasteiger partial charge in [-0.05, 0) is 18.8 Å². The Morgan fingerprint density at radius 1 is 1.50 bits per heavy atom. The third-order valence-electron chi connectivity index (χ3n) is 2.05. The fourth-order valence-corrected chi connectivity index (χ4v) is 1.28. The minimum atomic E-state index is -1.01. The van der Waals surface area contributed by atoms with Crippen LogP contribution in [0.15, 0.2) is 0 Å². The van der Waals surface area contributed by atoms with Crippen LogP contribution in [0.5, 0.6) is 0 Å². The number of hydrogen-bond donors (Lipinski definition) is 2. The molecule has 0 spiro atoms. The molecule has 1 rings (SSSR count). The van der Waals surface area contributed by atoms with E-state index in [2.05, 4.69) is 0 Å². The summed E-state index contributed by atoms with van der Waals surface area (Å²) >= 11 is 0. The summed E-state index contributed by atoms with van der Waals surface area (Å²) in [5.41, 5.74) is 4.50. The van der Waals surface area contributed by atoms with Gasteiger partial charge in [0.1, 0.15) is 0 Å². The topological polar surface area (TPSA) is 55.5 Å². The van der Waals surface area contributed by atoms with Crippen LogP contribution in [-0.4, -0.2) is 31.8 Å². The van der Waals surface area contributed by atoms with Crippen LogP contribution in [0.4, 0.5) is 0 Å². The minimum Gasteiger partial charge on any atom is -0.384 e. The summed E-state index contributed by atoms with van der Waals surface area (Å²) in [5.74, 6) is 0.209. The van der Waals surface area contributed by atoms with Gasteiger partial charge < -0.3 is 15.6 Å². The van der Waals surface area contributed by atoms with Crippen LogP contribution >= 0.6 is 0 Å². The summed E-state index contributed by atoms with van der Waals surface area (Å²) in [7, 11) is 1.66. The van der Waals surface area contributed by atoms with Crippen molar-refractivity contribution in [3.8, 4) is 0 Å². The van der Waals surface area contributed by atoms with E-state index in [1.165, 1.54) is 0 Å². The standard InChI is InChI=1S/C6H14BNO2/c7-6(8,9)5-1-3-10-4-2-5/h5,9H,1-4,7-8H2. The van der Waals surface area contributed by atoms with E-state index < -0.39 is 5.62 Å². The molecule has 1 aliphatic heterocycles. The lowest BCUT2D eigenvalue weighted by Crippen LogP contribution is -2.49. The van der Waals surface area contributed by atoms with Crippen LogP contribution in [0.1, 0.15) is 12.8 Å². The SMILES string of the molecule is BC(N)(O)C1CCOCC1. The molecule has 0 aromatic heterocycles. The van der Waals surface area contributed by atoms with Crippen LogP contribution in [0.2, 0.25) is 0 Å². The summed E-state index contributed by atoms with van der Waals surface area (Å²) in [5, 5.41) is 9.36.